The van der Waals surface area contributed by atoms with E-state index in [-0.39, 0.29) is 28.0 Å². The first-order valence-corrected chi connectivity index (χ1v) is 12.7. The molecular formula is C23H18N6O7S2. The number of rotatable bonds is 9. The fourth-order valence-electron chi connectivity index (χ4n) is 3.67. The Hall–Kier alpha value is -4.68. The first-order chi connectivity index (χ1) is 18.2. The molecule has 0 saturated carbocycles. The summed E-state index contributed by atoms with van der Waals surface area (Å²) in [7, 11) is 0. The minimum atomic E-state index is -1.32. The van der Waals surface area contributed by atoms with Gasteiger partial charge in [0.1, 0.15) is 22.8 Å². The second-order valence-electron chi connectivity index (χ2n) is 7.75. The fraction of sp³-hybridized carbons (Fsp3) is 0.174. The largest absolute Gasteiger partial charge is 0.479 e. The molecule has 0 radical (unpaired) electrons. The molecule has 2 amide bonds. The summed E-state index contributed by atoms with van der Waals surface area (Å²) in [6.07, 6.45) is 3.17. The van der Waals surface area contributed by atoms with E-state index in [1.165, 1.54) is 17.1 Å². The lowest BCUT2D eigenvalue weighted by Crippen LogP contribution is -2.71. The summed E-state index contributed by atoms with van der Waals surface area (Å²) in [5, 5.41) is 34.8. The monoisotopic (exact) mass is 554 g/mol. The smallest absolute Gasteiger partial charge is 0.352 e. The number of amides is 2. The summed E-state index contributed by atoms with van der Waals surface area (Å²) in [6, 6.07) is 7.79. The van der Waals surface area contributed by atoms with Crippen LogP contribution in [0, 0.1) is 11.3 Å². The van der Waals surface area contributed by atoms with Gasteiger partial charge in [0.2, 0.25) is 6.61 Å². The summed E-state index contributed by atoms with van der Waals surface area (Å²) >= 11 is 2.26. The van der Waals surface area contributed by atoms with Crippen molar-refractivity contribution in [3.05, 3.63) is 63.8 Å². The van der Waals surface area contributed by atoms with Gasteiger partial charge < -0.3 is 26.1 Å². The van der Waals surface area contributed by atoms with E-state index in [9.17, 15) is 29.5 Å². The van der Waals surface area contributed by atoms with Crippen LogP contribution in [0.5, 0.6) is 0 Å². The van der Waals surface area contributed by atoms with Crippen molar-refractivity contribution in [2.75, 3.05) is 18.1 Å². The number of hydrogen-bond donors (Lipinski definition) is 4. The number of allylic oxidation sites excluding steroid dienone is 1. The van der Waals surface area contributed by atoms with Crippen LogP contribution in [-0.2, 0) is 24.0 Å². The van der Waals surface area contributed by atoms with Crippen molar-refractivity contribution in [3.8, 4) is 6.07 Å². The molecule has 3 heterocycles. The summed E-state index contributed by atoms with van der Waals surface area (Å²) in [6.45, 7) is -0.813. The van der Waals surface area contributed by atoms with Crippen molar-refractivity contribution in [1.29, 1.82) is 5.26 Å². The molecule has 2 atom stereocenters. The minimum absolute atomic E-state index is 0.0199. The van der Waals surface area contributed by atoms with Gasteiger partial charge in [-0.1, -0.05) is 35.5 Å². The third kappa shape index (κ3) is 5.36. The maximum absolute atomic E-state index is 13.0. The molecule has 0 spiro atoms. The van der Waals surface area contributed by atoms with Crippen molar-refractivity contribution in [2.45, 2.75) is 11.4 Å². The number of nitrogens with one attached hydrogen (secondary N) is 1. The first-order valence-electron chi connectivity index (χ1n) is 10.7. The zero-order valence-electron chi connectivity index (χ0n) is 19.2. The number of carboxylic acid groups (broad SMARTS) is 2. The zero-order valence-corrected chi connectivity index (χ0v) is 20.9. The van der Waals surface area contributed by atoms with Crippen molar-refractivity contribution in [1.82, 2.24) is 15.2 Å². The molecule has 1 saturated heterocycles. The lowest BCUT2D eigenvalue weighted by Gasteiger charge is -2.49. The third-order valence-electron chi connectivity index (χ3n) is 5.36. The Labute approximate surface area is 222 Å². The van der Waals surface area contributed by atoms with Gasteiger partial charge in [0.05, 0.1) is 11.6 Å². The van der Waals surface area contributed by atoms with Gasteiger partial charge in [0.15, 0.2) is 10.8 Å². The molecular weight excluding hydrogens is 536 g/mol. The molecule has 2 aliphatic rings. The Bertz CT molecular complexity index is 1460. The van der Waals surface area contributed by atoms with Crippen LogP contribution in [0.15, 0.2) is 52.1 Å². The van der Waals surface area contributed by atoms with Gasteiger partial charge in [-0.25, -0.2) is 14.6 Å². The average Bonchev–Trinajstić information content (AvgIpc) is 3.33. The van der Waals surface area contributed by atoms with Crippen LogP contribution in [0.1, 0.15) is 16.8 Å². The highest BCUT2D eigenvalue weighted by atomic mass is 32.2. The maximum Gasteiger partial charge on any atom is 0.352 e. The number of benzene rings is 1. The number of nitriles is 1. The van der Waals surface area contributed by atoms with Gasteiger partial charge in [-0.05, 0) is 17.2 Å². The standard InChI is InChI=1S/C23H18N6O7S2/c24-7-12-4-2-1-3-11(12)5-6-13-9-37-21-17(20(33)29(21)18(13)22(34)35)27-19(32)16(28-36-8-15(30)31)14-10-38-23(25)26-14/h1-6,10,17,21H,8-9H2,(H2,25,26)(H,27,32)(H,30,31)(H,34,35)/b6-5+,28-16+. The number of fused-ring (bicyclic) bond motifs is 1. The van der Waals surface area contributed by atoms with E-state index >= 15 is 0 Å². The molecule has 1 fully saturated rings. The Kier molecular flexibility index (Phi) is 7.74. The molecule has 15 heteroatoms. The second kappa shape index (κ2) is 11.2. The van der Waals surface area contributed by atoms with E-state index in [1.54, 1.807) is 36.4 Å². The molecule has 38 heavy (non-hydrogen) atoms. The molecule has 194 valence electrons. The quantitative estimate of drug-likeness (QED) is 0.194. The van der Waals surface area contributed by atoms with Crippen molar-refractivity contribution >= 4 is 63.8 Å². The Morgan fingerprint density at radius 2 is 2.08 bits per heavy atom. The molecule has 0 bridgehead atoms. The summed E-state index contributed by atoms with van der Waals surface area (Å²) in [5.74, 6) is -3.94. The summed E-state index contributed by atoms with van der Waals surface area (Å²) in [5.41, 5.74) is 6.40. The van der Waals surface area contributed by atoms with Crippen LogP contribution < -0.4 is 11.1 Å². The number of carbonyl (C=O) groups excluding carboxylic acids is 2. The number of nitrogen functional groups attached to an aromatic ring is 1. The summed E-state index contributed by atoms with van der Waals surface area (Å²) in [4.78, 5) is 58.5. The Balaban J connectivity index is 1.54. The molecule has 2 aliphatic heterocycles. The van der Waals surface area contributed by atoms with E-state index in [0.717, 1.165) is 16.2 Å². The molecule has 2 unspecified atom stereocenters. The highest BCUT2D eigenvalue weighted by molar-refractivity contribution is 8.00. The number of thiazole rings is 1. The van der Waals surface area contributed by atoms with E-state index in [1.807, 2.05) is 0 Å². The number of oxime groups is 1. The lowest BCUT2D eigenvalue weighted by molar-refractivity contribution is -0.150. The predicted molar refractivity (Wildman–Crippen MR) is 137 cm³/mol. The van der Waals surface area contributed by atoms with E-state index in [2.05, 4.69) is 26.4 Å². The predicted octanol–water partition coefficient (Wildman–Crippen LogP) is 0.854. The van der Waals surface area contributed by atoms with Crippen LogP contribution in [-0.4, -0.2) is 73.3 Å². The number of aliphatic carboxylic acids is 2. The number of nitrogens with zero attached hydrogens (tertiary/aromatic N) is 4. The molecule has 1 aromatic carbocycles. The van der Waals surface area contributed by atoms with Gasteiger partial charge in [-0.2, -0.15) is 5.26 Å². The van der Waals surface area contributed by atoms with Gasteiger partial charge in [0.25, 0.3) is 11.8 Å². The number of aromatic nitrogens is 1. The highest BCUT2D eigenvalue weighted by Gasteiger charge is 2.54. The van der Waals surface area contributed by atoms with Crippen molar-refractivity contribution in [3.63, 3.8) is 0 Å². The normalized spacial score (nSPS) is 19.0. The number of carbonyl (C=O) groups is 4. The van der Waals surface area contributed by atoms with Crippen LogP contribution in [0.25, 0.3) is 6.08 Å². The number of thioether (sulfide) groups is 1. The van der Waals surface area contributed by atoms with Crippen LogP contribution in [0.3, 0.4) is 0 Å². The van der Waals surface area contributed by atoms with Gasteiger partial charge in [-0.15, -0.1) is 23.1 Å². The molecule has 1 aromatic heterocycles. The topological polar surface area (TPSA) is 208 Å². The van der Waals surface area contributed by atoms with Gasteiger partial charge in [0, 0.05) is 11.1 Å². The number of hydrogen-bond acceptors (Lipinski definition) is 11. The van der Waals surface area contributed by atoms with E-state index in [0.29, 0.717) is 16.7 Å². The molecule has 0 aliphatic carbocycles. The lowest BCUT2D eigenvalue weighted by atomic mass is 10.0. The Morgan fingerprint density at radius 3 is 2.74 bits per heavy atom. The van der Waals surface area contributed by atoms with E-state index < -0.39 is 41.8 Å². The van der Waals surface area contributed by atoms with Gasteiger partial charge >= 0.3 is 11.9 Å². The van der Waals surface area contributed by atoms with E-state index in [4.69, 9.17) is 10.8 Å². The first kappa shape index (κ1) is 26.4. The maximum atomic E-state index is 13.0. The molecule has 4 rings (SSSR count). The zero-order chi connectivity index (χ0) is 27.4. The SMILES string of the molecule is N#Cc1ccccc1/C=C/C1=C(C(=O)O)N2C(=O)C(NC(=O)/C(=N/OCC(=O)O)c3csc(N)n3)C2SC1. The molecule has 2 aromatic rings. The third-order valence-corrected chi connectivity index (χ3v) is 7.33. The van der Waals surface area contributed by atoms with Crippen molar-refractivity contribution < 1.29 is 34.2 Å². The van der Waals surface area contributed by atoms with Crippen LogP contribution >= 0.6 is 23.1 Å². The minimum Gasteiger partial charge on any atom is -0.479 e. The van der Waals surface area contributed by atoms with Crippen LogP contribution in [0.4, 0.5) is 5.13 Å². The number of β-lactam (4-membered cyclic amide) rings is 1. The Morgan fingerprint density at radius 1 is 1.32 bits per heavy atom. The number of anilines is 1. The fourth-order valence-corrected chi connectivity index (χ4v) is 5.53. The second-order valence-corrected chi connectivity index (χ2v) is 9.75. The highest BCUT2D eigenvalue weighted by Crippen LogP contribution is 2.41. The number of carboxylic acids is 2. The molecule has 13 nitrogen and oxygen atoms in total. The summed E-state index contributed by atoms with van der Waals surface area (Å²) < 4.78 is 0. The number of nitrogens with two attached hydrogens (primary N) is 1. The molecule has 5 N–H and O–H groups in total. The van der Waals surface area contributed by atoms with Crippen LogP contribution in [0.2, 0.25) is 0 Å². The van der Waals surface area contributed by atoms with Crippen molar-refractivity contribution in [2.24, 2.45) is 5.16 Å². The van der Waals surface area contributed by atoms with Gasteiger partial charge in [-0.3, -0.25) is 14.5 Å². The average molecular weight is 555 g/mol.